The third-order valence-electron chi connectivity index (χ3n) is 1.79. The van der Waals surface area contributed by atoms with E-state index in [1.165, 1.54) is 22.6 Å². The number of nitrogens with one attached hydrogen (secondary N) is 1. The number of alkyl halides is 3. The maximum Gasteiger partial charge on any atom is 0.418 e. The zero-order valence-electron chi connectivity index (χ0n) is 10.4. The lowest BCUT2D eigenvalue weighted by molar-refractivity contribution is -0.138. The normalized spacial score (nSPS) is 12.2. The third kappa shape index (κ3) is 5.21. The van der Waals surface area contributed by atoms with Crippen LogP contribution in [0.5, 0.6) is 0 Å². The van der Waals surface area contributed by atoms with Crippen molar-refractivity contribution in [1.29, 1.82) is 0 Å². The van der Waals surface area contributed by atoms with E-state index in [0.717, 1.165) is 6.07 Å². The molecule has 8 heteroatoms. The van der Waals surface area contributed by atoms with E-state index >= 15 is 0 Å². The van der Waals surface area contributed by atoms with Crippen LogP contribution in [0.25, 0.3) is 0 Å². The van der Waals surface area contributed by atoms with Crippen LogP contribution in [0.4, 0.5) is 23.8 Å². The largest absolute Gasteiger partial charge is 0.444 e. The molecule has 1 rings (SSSR count). The summed E-state index contributed by atoms with van der Waals surface area (Å²) in [6, 6.07) is 1.13. The fourth-order valence-corrected chi connectivity index (χ4v) is 1.86. The molecule has 0 fully saturated rings. The number of carbonyl (C=O) groups excluding carboxylic acids is 1. The third-order valence-corrected chi connectivity index (χ3v) is 2.68. The molecule has 0 bridgehead atoms. The average Bonchev–Trinajstić information content (AvgIpc) is 2.11. The minimum Gasteiger partial charge on any atom is -0.444 e. The number of carbonyl (C=O) groups is 1. The Kier molecular flexibility index (Phi) is 4.64. The molecule has 19 heavy (non-hydrogen) atoms. The van der Waals surface area contributed by atoms with Gasteiger partial charge in [-0.2, -0.15) is 13.2 Å². The molecule has 0 aliphatic rings. The van der Waals surface area contributed by atoms with Crippen LogP contribution in [0.2, 0.25) is 0 Å². The number of hydrogen-bond donors (Lipinski definition) is 1. The first-order valence-corrected chi connectivity index (χ1v) is 6.29. The van der Waals surface area contributed by atoms with Crippen LogP contribution in [0.1, 0.15) is 26.3 Å². The monoisotopic (exact) mass is 388 g/mol. The molecule has 1 amide bonds. The summed E-state index contributed by atoms with van der Waals surface area (Å²) in [4.78, 5) is 15.0. The molecule has 0 aliphatic carbocycles. The number of halogens is 4. The maximum absolute atomic E-state index is 12.5. The molecule has 0 radical (unpaired) electrons. The molecule has 0 atom stereocenters. The summed E-state index contributed by atoms with van der Waals surface area (Å²) >= 11 is 1.53. The van der Waals surface area contributed by atoms with Crippen LogP contribution < -0.4 is 5.32 Å². The van der Waals surface area contributed by atoms with E-state index in [1.807, 2.05) is 0 Å². The highest BCUT2D eigenvalue weighted by atomic mass is 127. The van der Waals surface area contributed by atoms with Gasteiger partial charge in [0.15, 0.2) is 0 Å². The summed E-state index contributed by atoms with van der Waals surface area (Å²) in [5.74, 6) is 0.00616. The van der Waals surface area contributed by atoms with Gasteiger partial charge in [-0.1, -0.05) is 0 Å². The van der Waals surface area contributed by atoms with Gasteiger partial charge in [0.2, 0.25) is 0 Å². The zero-order valence-corrected chi connectivity index (χ0v) is 12.6. The van der Waals surface area contributed by atoms with Gasteiger partial charge in [0.05, 0.1) is 5.56 Å². The lowest BCUT2D eigenvalue weighted by atomic mass is 10.2. The van der Waals surface area contributed by atoms with Crippen LogP contribution in [-0.4, -0.2) is 16.7 Å². The lowest BCUT2D eigenvalue weighted by Crippen LogP contribution is -2.27. The van der Waals surface area contributed by atoms with Crippen molar-refractivity contribution in [1.82, 2.24) is 4.98 Å². The van der Waals surface area contributed by atoms with Gasteiger partial charge >= 0.3 is 12.3 Å². The van der Waals surface area contributed by atoms with Gasteiger partial charge in [-0.3, -0.25) is 5.32 Å². The summed E-state index contributed by atoms with van der Waals surface area (Å²) in [6.07, 6.45) is -4.56. The maximum atomic E-state index is 12.5. The van der Waals surface area contributed by atoms with Gasteiger partial charge in [-0.05, 0) is 49.4 Å². The van der Waals surface area contributed by atoms with Crippen molar-refractivity contribution < 1.29 is 22.7 Å². The minimum atomic E-state index is -4.46. The molecule has 106 valence electrons. The smallest absolute Gasteiger partial charge is 0.418 e. The van der Waals surface area contributed by atoms with E-state index in [1.54, 1.807) is 20.8 Å². The first kappa shape index (κ1) is 16.0. The summed E-state index contributed by atoms with van der Waals surface area (Å²) in [5.41, 5.74) is -1.54. The molecule has 0 unspecified atom stereocenters. The Labute approximate surface area is 121 Å². The van der Waals surface area contributed by atoms with Crippen LogP contribution in [0.15, 0.2) is 12.3 Å². The topological polar surface area (TPSA) is 51.2 Å². The number of anilines is 1. The Bertz CT molecular complexity index is 484. The van der Waals surface area contributed by atoms with Gasteiger partial charge in [-0.25, -0.2) is 9.78 Å². The van der Waals surface area contributed by atoms with Gasteiger partial charge in [0, 0.05) is 9.77 Å². The molecule has 1 aromatic rings. The van der Waals surface area contributed by atoms with Crippen molar-refractivity contribution in [2.45, 2.75) is 32.5 Å². The van der Waals surface area contributed by atoms with Crippen LogP contribution >= 0.6 is 22.6 Å². The van der Waals surface area contributed by atoms with Crippen LogP contribution in [0.3, 0.4) is 0 Å². The van der Waals surface area contributed by atoms with Crippen LogP contribution in [0, 0.1) is 3.57 Å². The Morgan fingerprint density at radius 3 is 2.37 bits per heavy atom. The molecule has 0 aliphatic heterocycles. The van der Waals surface area contributed by atoms with Gasteiger partial charge in [0.1, 0.15) is 11.4 Å². The fraction of sp³-hybridized carbons (Fsp3) is 0.455. The Morgan fingerprint density at radius 1 is 1.37 bits per heavy atom. The second kappa shape index (κ2) is 5.51. The SMILES string of the molecule is CC(C)(C)OC(=O)Nc1cc(I)c(C(F)(F)F)cn1. The standard InChI is InChI=1S/C11H12F3IN2O2/c1-10(2,3)19-9(18)17-8-4-7(15)6(5-16-8)11(12,13)14/h4-5H,1-3H3,(H,16,17,18). The molecule has 1 aromatic heterocycles. The molecule has 1 N–H and O–H groups in total. The number of nitrogens with zero attached hydrogens (tertiary/aromatic N) is 1. The van der Waals surface area contributed by atoms with Crippen molar-refractivity contribution in [2.24, 2.45) is 0 Å². The number of ether oxygens (including phenoxy) is 1. The number of pyridine rings is 1. The highest BCUT2D eigenvalue weighted by Crippen LogP contribution is 2.33. The van der Waals surface area contributed by atoms with Crippen molar-refractivity contribution in [3.8, 4) is 0 Å². The van der Waals surface area contributed by atoms with Crippen LogP contribution in [-0.2, 0) is 10.9 Å². The quantitative estimate of drug-likeness (QED) is 0.739. The second-order valence-electron chi connectivity index (χ2n) is 4.67. The predicted octanol–water partition coefficient (Wildman–Crippen LogP) is 4.05. The van der Waals surface area contributed by atoms with Crippen molar-refractivity contribution in [3.05, 3.63) is 21.4 Å². The summed E-state index contributed by atoms with van der Waals surface area (Å²) in [7, 11) is 0. The van der Waals surface area contributed by atoms with Gasteiger partial charge in [-0.15, -0.1) is 0 Å². The van der Waals surface area contributed by atoms with E-state index in [4.69, 9.17) is 4.74 Å². The molecule has 4 nitrogen and oxygen atoms in total. The van der Waals surface area contributed by atoms with E-state index in [0.29, 0.717) is 6.20 Å². The molecule has 0 spiro atoms. The lowest BCUT2D eigenvalue weighted by Gasteiger charge is -2.19. The van der Waals surface area contributed by atoms with E-state index in [2.05, 4.69) is 10.3 Å². The Hall–Kier alpha value is -1.06. The summed E-state index contributed by atoms with van der Waals surface area (Å²) in [5, 5.41) is 2.27. The minimum absolute atomic E-state index is 0.00616. The predicted molar refractivity (Wildman–Crippen MR) is 71.8 cm³/mol. The molecule has 0 aromatic carbocycles. The number of amides is 1. The highest BCUT2D eigenvalue weighted by molar-refractivity contribution is 14.1. The first-order chi connectivity index (χ1) is 8.49. The van der Waals surface area contributed by atoms with Gasteiger partial charge in [0.25, 0.3) is 0 Å². The van der Waals surface area contributed by atoms with E-state index < -0.39 is 23.4 Å². The van der Waals surface area contributed by atoms with Crippen molar-refractivity contribution in [3.63, 3.8) is 0 Å². The molecule has 1 heterocycles. The summed E-state index contributed by atoms with van der Waals surface area (Å²) in [6.45, 7) is 5.03. The molecular weight excluding hydrogens is 376 g/mol. The van der Waals surface area contributed by atoms with Crippen molar-refractivity contribution in [2.75, 3.05) is 5.32 Å². The number of hydrogen-bond acceptors (Lipinski definition) is 3. The number of aromatic nitrogens is 1. The molecule has 0 saturated carbocycles. The number of rotatable bonds is 1. The average molecular weight is 388 g/mol. The van der Waals surface area contributed by atoms with Crippen molar-refractivity contribution >= 4 is 34.5 Å². The zero-order chi connectivity index (χ0) is 14.8. The fourth-order valence-electron chi connectivity index (χ4n) is 1.12. The van der Waals surface area contributed by atoms with E-state index in [9.17, 15) is 18.0 Å². The first-order valence-electron chi connectivity index (χ1n) is 5.22. The van der Waals surface area contributed by atoms with E-state index in [-0.39, 0.29) is 9.39 Å². The van der Waals surface area contributed by atoms with Gasteiger partial charge < -0.3 is 4.74 Å². The summed E-state index contributed by atoms with van der Waals surface area (Å²) < 4.78 is 42.4. The Morgan fingerprint density at radius 2 is 1.95 bits per heavy atom. The molecular formula is C11H12F3IN2O2. The Balaban J connectivity index is 2.83. The second-order valence-corrected chi connectivity index (χ2v) is 5.84. The highest BCUT2D eigenvalue weighted by Gasteiger charge is 2.33. The molecule has 0 saturated heterocycles.